The van der Waals surface area contributed by atoms with E-state index in [4.69, 9.17) is 39.0 Å². The third-order valence-corrected chi connectivity index (χ3v) is 6.64. The van der Waals surface area contributed by atoms with Crippen LogP contribution in [0.2, 0.25) is 0 Å². The Morgan fingerprint density at radius 2 is 0.800 bits per heavy atom. The van der Waals surface area contributed by atoms with Gasteiger partial charge in [0.2, 0.25) is 0 Å². The van der Waals surface area contributed by atoms with Crippen molar-refractivity contribution in [3.63, 3.8) is 0 Å². The summed E-state index contributed by atoms with van der Waals surface area (Å²) in [5, 5.41) is 0. The van der Waals surface area contributed by atoms with Gasteiger partial charge in [-0.2, -0.15) is 0 Å². The second kappa shape index (κ2) is 17.7. The summed E-state index contributed by atoms with van der Waals surface area (Å²) >= 11 is -3.10. The van der Waals surface area contributed by atoms with E-state index in [0.29, 0.717) is 39.6 Å². The first-order valence-corrected chi connectivity index (χ1v) is 11.3. The van der Waals surface area contributed by atoms with Crippen molar-refractivity contribution in [3.8, 4) is 0 Å². The fourth-order valence-corrected chi connectivity index (χ4v) is 4.44. The summed E-state index contributed by atoms with van der Waals surface area (Å²) in [6.45, 7) is 8.08. The molecule has 0 aromatic rings. The molecule has 0 aromatic carbocycles. The molecule has 10 heteroatoms. The van der Waals surface area contributed by atoms with Gasteiger partial charge in [-0.05, 0) is 0 Å². The second-order valence-corrected chi connectivity index (χ2v) is 7.91. The molecule has 0 spiro atoms. The summed E-state index contributed by atoms with van der Waals surface area (Å²) in [5.74, 6) is 0. The Kier molecular flexibility index (Phi) is 17.9. The molecule has 0 fully saturated rings. The Labute approximate surface area is 157 Å². The molecule has 0 aliphatic heterocycles. The summed E-state index contributed by atoms with van der Waals surface area (Å²) in [7, 11) is 4.83. The van der Waals surface area contributed by atoms with Crippen LogP contribution in [0.5, 0.6) is 0 Å². The Balaban J connectivity index is 4.37. The Bertz CT molecular complexity index is 243. The van der Waals surface area contributed by atoms with Crippen LogP contribution in [0.3, 0.4) is 0 Å². The van der Waals surface area contributed by atoms with Crippen LogP contribution in [0.25, 0.3) is 0 Å². The van der Waals surface area contributed by atoms with Crippen LogP contribution < -0.4 is 0 Å². The van der Waals surface area contributed by atoms with Crippen LogP contribution in [0.1, 0.15) is 20.8 Å². The van der Waals surface area contributed by atoms with Crippen LogP contribution in [-0.2, 0) is 39.0 Å². The van der Waals surface area contributed by atoms with E-state index in [-0.39, 0.29) is 0 Å². The van der Waals surface area contributed by atoms with Crippen molar-refractivity contribution < 1.29 is 39.0 Å². The molecular weight excluding hydrogens is 394 g/mol. The average Bonchev–Trinajstić information content (AvgIpc) is 2.55. The van der Waals surface area contributed by atoms with Gasteiger partial charge in [0, 0.05) is 0 Å². The summed E-state index contributed by atoms with van der Waals surface area (Å²) in [5.41, 5.74) is 0. The number of hydrogen-bond acceptors (Lipinski definition) is 9. The summed E-state index contributed by atoms with van der Waals surface area (Å²) in [6, 6.07) is 0. The van der Waals surface area contributed by atoms with E-state index in [2.05, 4.69) is 0 Å². The quantitative estimate of drug-likeness (QED) is 0.181. The van der Waals surface area contributed by atoms with Gasteiger partial charge < -0.3 is 0 Å². The first-order valence-electron chi connectivity index (χ1n) is 8.31. The van der Waals surface area contributed by atoms with Crippen molar-refractivity contribution >= 4 is 17.3 Å². The molecule has 0 aromatic heterocycles. The fourth-order valence-electron chi connectivity index (χ4n) is 1.58. The van der Waals surface area contributed by atoms with Crippen molar-refractivity contribution in [1.82, 2.24) is 0 Å². The van der Waals surface area contributed by atoms with Gasteiger partial charge in [0.1, 0.15) is 0 Å². The SMILES string of the molecule is COCCOC(C)[O][Ga]([O]C(C)OCCOC)[O]C(C)OCCOC. The van der Waals surface area contributed by atoms with Gasteiger partial charge in [-0.25, -0.2) is 0 Å². The van der Waals surface area contributed by atoms with Gasteiger partial charge in [0.25, 0.3) is 0 Å². The van der Waals surface area contributed by atoms with Gasteiger partial charge in [-0.1, -0.05) is 0 Å². The van der Waals surface area contributed by atoms with E-state index < -0.39 is 36.2 Å². The minimum absolute atomic E-state index is 0.423. The molecular formula is C15H33GaO9. The average molecular weight is 427 g/mol. The third kappa shape index (κ3) is 16.2. The summed E-state index contributed by atoms with van der Waals surface area (Å²) < 4.78 is 48.7. The molecule has 150 valence electrons. The van der Waals surface area contributed by atoms with Gasteiger partial charge in [-0.3, -0.25) is 0 Å². The van der Waals surface area contributed by atoms with Gasteiger partial charge in [0.05, 0.1) is 0 Å². The van der Waals surface area contributed by atoms with Crippen molar-refractivity contribution in [2.45, 2.75) is 39.6 Å². The molecule has 0 saturated heterocycles. The standard InChI is InChI=1S/3C5H11O3.Ga/c3*1-5(6)8-4-3-7-2;/h3*5H,3-4H2,1-2H3;/q3*-1;+3. The van der Waals surface area contributed by atoms with Crippen LogP contribution in [0.4, 0.5) is 0 Å². The number of methoxy groups -OCH3 is 3. The van der Waals surface area contributed by atoms with Crippen molar-refractivity contribution in [3.05, 3.63) is 0 Å². The molecule has 25 heavy (non-hydrogen) atoms. The van der Waals surface area contributed by atoms with Crippen molar-refractivity contribution in [2.75, 3.05) is 61.0 Å². The Hall–Kier alpha value is 0.276. The molecule has 0 amide bonds. The molecule has 0 saturated carbocycles. The van der Waals surface area contributed by atoms with Gasteiger partial charge in [0.15, 0.2) is 0 Å². The van der Waals surface area contributed by atoms with E-state index in [1.165, 1.54) is 0 Å². The Morgan fingerprint density at radius 3 is 1.04 bits per heavy atom. The normalized spacial score (nSPS) is 15.1. The zero-order valence-corrected chi connectivity index (χ0v) is 18.6. The van der Waals surface area contributed by atoms with Crippen LogP contribution >= 0.6 is 0 Å². The van der Waals surface area contributed by atoms with E-state index in [0.717, 1.165) is 0 Å². The minimum atomic E-state index is -3.10. The number of hydrogen-bond donors (Lipinski definition) is 0. The zero-order chi connectivity index (χ0) is 18.9. The van der Waals surface area contributed by atoms with Crippen LogP contribution in [-0.4, -0.2) is 97.2 Å². The monoisotopic (exact) mass is 426 g/mol. The molecule has 0 N–H and O–H groups in total. The molecule has 0 bridgehead atoms. The molecule has 3 unspecified atom stereocenters. The Morgan fingerprint density at radius 1 is 0.520 bits per heavy atom. The molecule has 0 rings (SSSR count). The predicted molar refractivity (Wildman–Crippen MR) is 90.9 cm³/mol. The van der Waals surface area contributed by atoms with Gasteiger partial charge >= 0.3 is 157 Å². The molecule has 0 aliphatic rings. The summed E-state index contributed by atoms with van der Waals surface area (Å²) in [4.78, 5) is 0. The molecule has 0 radical (unpaired) electrons. The molecule has 3 atom stereocenters. The molecule has 9 nitrogen and oxygen atoms in total. The number of rotatable bonds is 18. The van der Waals surface area contributed by atoms with Crippen molar-refractivity contribution in [2.24, 2.45) is 0 Å². The third-order valence-electron chi connectivity index (χ3n) is 2.83. The fraction of sp³-hybridized carbons (Fsp3) is 1.00. The maximum absolute atomic E-state index is 5.79. The predicted octanol–water partition coefficient (Wildman–Crippen LogP) is 1.05. The first kappa shape index (κ1) is 25.3. The van der Waals surface area contributed by atoms with E-state index in [9.17, 15) is 0 Å². The molecule has 0 aliphatic carbocycles. The molecule has 0 heterocycles. The first-order chi connectivity index (χ1) is 12.0. The maximum atomic E-state index is 5.79. The number of ether oxygens (including phenoxy) is 6. The van der Waals surface area contributed by atoms with Crippen LogP contribution in [0, 0.1) is 0 Å². The van der Waals surface area contributed by atoms with E-state index >= 15 is 0 Å². The van der Waals surface area contributed by atoms with Crippen LogP contribution in [0.15, 0.2) is 0 Å². The van der Waals surface area contributed by atoms with Gasteiger partial charge in [-0.15, -0.1) is 0 Å². The zero-order valence-electron chi connectivity index (χ0n) is 16.2. The van der Waals surface area contributed by atoms with Crippen molar-refractivity contribution in [1.29, 1.82) is 0 Å². The van der Waals surface area contributed by atoms with E-state index in [1.54, 1.807) is 42.1 Å². The summed E-state index contributed by atoms with van der Waals surface area (Å²) in [6.07, 6.45) is -1.42. The van der Waals surface area contributed by atoms with E-state index in [1.807, 2.05) is 0 Å². The topological polar surface area (TPSA) is 83.1 Å². The second-order valence-electron chi connectivity index (χ2n) is 4.99.